The summed E-state index contributed by atoms with van der Waals surface area (Å²) >= 11 is 3.70. The van der Waals surface area contributed by atoms with Gasteiger partial charge in [-0.05, 0) is 50.3 Å². The summed E-state index contributed by atoms with van der Waals surface area (Å²) in [4.78, 5) is 0. The van der Waals surface area contributed by atoms with Gasteiger partial charge in [0.15, 0.2) is 0 Å². The van der Waals surface area contributed by atoms with E-state index in [2.05, 4.69) is 53.3 Å². The largest absolute Gasteiger partial charge is 0.310 e. The van der Waals surface area contributed by atoms with Crippen molar-refractivity contribution in [3.8, 4) is 0 Å². The van der Waals surface area contributed by atoms with Crippen LogP contribution >= 0.6 is 15.9 Å². The summed E-state index contributed by atoms with van der Waals surface area (Å²) in [6.45, 7) is 5.52. The molecule has 0 spiro atoms. The van der Waals surface area contributed by atoms with Crippen molar-refractivity contribution in [1.82, 2.24) is 5.32 Å². The lowest BCUT2D eigenvalue weighted by atomic mass is 9.77. The van der Waals surface area contributed by atoms with Crippen molar-refractivity contribution in [1.29, 1.82) is 0 Å². The molecule has 1 saturated carbocycles. The second-order valence-electron chi connectivity index (χ2n) is 5.15. The Kier molecular flexibility index (Phi) is 4.63. The van der Waals surface area contributed by atoms with Gasteiger partial charge < -0.3 is 5.32 Å². The first-order chi connectivity index (χ1) is 8.22. The lowest BCUT2D eigenvalue weighted by Crippen LogP contribution is -2.33. The smallest absolute Gasteiger partial charge is 0.0359 e. The van der Waals surface area contributed by atoms with E-state index in [9.17, 15) is 0 Å². The molecule has 1 aromatic carbocycles. The van der Waals surface area contributed by atoms with Crippen LogP contribution in [0, 0.1) is 12.8 Å². The number of rotatable bonds is 5. The van der Waals surface area contributed by atoms with E-state index < -0.39 is 0 Å². The van der Waals surface area contributed by atoms with Crippen molar-refractivity contribution in [3.63, 3.8) is 0 Å². The van der Waals surface area contributed by atoms with E-state index in [-0.39, 0.29) is 0 Å². The fourth-order valence-electron chi connectivity index (χ4n) is 2.51. The van der Waals surface area contributed by atoms with Crippen LogP contribution in [-0.2, 0) is 0 Å². The van der Waals surface area contributed by atoms with E-state index in [4.69, 9.17) is 0 Å². The quantitative estimate of drug-likeness (QED) is 0.837. The molecule has 1 aliphatic carbocycles. The van der Waals surface area contributed by atoms with Crippen molar-refractivity contribution >= 4 is 15.9 Å². The standard InChI is InChI=1S/C15H22BrN/c1-3-9-17-15(12-5-4-6-12)13-10-11(2)7-8-14(13)16/h7-8,10,12,15,17H,3-6,9H2,1-2H3. The molecule has 1 unspecified atom stereocenters. The maximum Gasteiger partial charge on any atom is 0.0359 e. The van der Waals surface area contributed by atoms with E-state index in [0.29, 0.717) is 6.04 Å². The zero-order chi connectivity index (χ0) is 12.3. The van der Waals surface area contributed by atoms with E-state index >= 15 is 0 Å². The Morgan fingerprint density at radius 2 is 2.18 bits per heavy atom. The molecule has 94 valence electrons. The van der Waals surface area contributed by atoms with Crippen molar-refractivity contribution in [2.24, 2.45) is 5.92 Å². The van der Waals surface area contributed by atoms with Gasteiger partial charge in [-0.25, -0.2) is 0 Å². The van der Waals surface area contributed by atoms with E-state index in [1.807, 2.05) is 0 Å². The minimum absolute atomic E-state index is 0.540. The highest BCUT2D eigenvalue weighted by molar-refractivity contribution is 9.10. The summed E-state index contributed by atoms with van der Waals surface area (Å²) in [5, 5.41) is 3.73. The van der Waals surface area contributed by atoms with Crippen LogP contribution in [0.2, 0.25) is 0 Å². The molecule has 0 radical (unpaired) electrons. The zero-order valence-electron chi connectivity index (χ0n) is 10.8. The fraction of sp³-hybridized carbons (Fsp3) is 0.600. The number of hydrogen-bond acceptors (Lipinski definition) is 1. The monoisotopic (exact) mass is 295 g/mol. The maximum absolute atomic E-state index is 3.73. The zero-order valence-corrected chi connectivity index (χ0v) is 12.4. The Bertz CT molecular complexity index is 371. The first-order valence-corrected chi connectivity index (χ1v) is 7.51. The van der Waals surface area contributed by atoms with Gasteiger partial charge in [-0.3, -0.25) is 0 Å². The van der Waals surface area contributed by atoms with Gasteiger partial charge in [-0.1, -0.05) is 47.0 Å². The van der Waals surface area contributed by atoms with Gasteiger partial charge >= 0.3 is 0 Å². The fourth-order valence-corrected chi connectivity index (χ4v) is 3.00. The molecule has 2 heteroatoms. The molecule has 2 rings (SSSR count). The second kappa shape index (κ2) is 6.01. The van der Waals surface area contributed by atoms with Crippen molar-refractivity contribution in [3.05, 3.63) is 33.8 Å². The summed E-state index contributed by atoms with van der Waals surface area (Å²) in [7, 11) is 0. The molecule has 0 aromatic heterocycles. The third-order valence-electron chi connectivity index (χ3n) is 3.72. The number of hydrogen-bond donors (Lipinski definition) is 1. The molecule has 17 heavy (non-hydrogen) atoms. The Morgan fingerprint density at radius 1 is 1.41 bits per heavy atom. The Hall–Kier alpha value is -0.340. The number of halogens is 1. The molecule has 0 heterocycles. The summed E-state index contributed by atoms with van der Waals surface area (Å²) in [5.41, 5.74) is 2.80. The molecule has 1 atom stereocenters. The average Bonchev–Trinajstić information content (AvgIpc) is 2.25. The van der Waals surface area contributed by atoms with Crippen LogP contribution in [0.3, 0.4) is 0 Å². The second-order valence-corrected chi connectivity index (χ2v) is 6.00. The summed E-state index contributed by atoms with van der Waals surface area (Å²) in [5.74, 6) is 0.833. The van der Waals surface area contributed by atoms with Gasteiger partial charge in [0.25, 0.3) is 0 Å². The maximum atomic E-state index is 3.73. The van der Waals surface area contributed by atoms with Gasteiger partial charge in [0, 0.05) is 10.5 Å². The molecular formula is C15H22BrN. The molecule has 1 aliphatic rings. The molecule has 1 fully saturated rings. The normalized spacial score (nSPS) is 17.8. The molecule has 1 N–H and O–H groups in total. The van der Waals surface area contributed by atoms with Crippen molar-refractivity contribution < 1.29 is 0 Å². The Balaban J connectivity index is 2.20. The van der Waals surface area contributed by atoms with Crippen molar-refractivity contribution in [2.45, 2.75) is 45.6 Å². The van der Waals surface area contributed by atoms with Gasteiger partial charge in [0.1, 0.15) is 0 Å². The number of nitrogens with one attached hydrogen (secondary N) is 1. The third-order valence-corrected chi connectivity index (χ3v) is 4.44. The van der Waals surface area contributed by atoms with Crippen molar-refractivity contribution in [2.75, 3.05) is 6.54 Å². The van der Waals surface area contributed by atoms with Crippen LogP contribution in [0.1, 0.15) is 49.8 Å². The van der Waals surface area contributed by atoms with Gasteiger partial charge in [0.05, 0.1) is 0 Å². The van der Waals surface area contributed by atoms with Crippen LogP contribution < -0.4 is 5.32 Å². The van der Waals surface area contributed by atoms with E-state index in [0.717, 1.165) is 12.5 Å². The molecule has 0 saturated heterocycles. The molecule has 1 nitrogen and oxygen atoms in total. The lowest BCUT2D eigenvalue weighted by Gasteiger charge is -2.35. The van der Waals surface area contributed by atoms with E-state index in [1.54, 1.807) is 0 Å². The minimum Gasteiger partial charge on any atom is -0.310 e. The number of aryl methyl sites for hydroxylation is 1. The Morgan fingerprint density at radius 3 is 2.76 bits per heavy atom. The van der Waals surface area contributed by atoms with Crippen LogP contribution in [-0.4, -0.2) is 6.54 Å². The summed E-state index contributed by atoms with van der Waals surface area (Å²) in [6, 6.07) is 7.23. The third kappa shape index (κ3) is 3.11. The molecule has 0 aliphatic heterocycles. The van der Waals surface area contributed by atoms with Crippen LogP contribution in [0.25, 0.3) is 0 Å². The topological polar surface area (TPSA) is 12.0 Å². The minimum atomic E-state index is 0.540. The summed E-state index contributed by atoms with van der Waals surface area (Å²) in [6.07, 6.45) is 5.36. The van der Waals surface area contributed by atoms with Crippen LogP contribution in [0.4, 0.5) is 0 Å². The first-order valence-electron chi connectivity index (χ1n) is 6.71. The molecule has 0 bridgehead atoms. The predicted molar refractivity (Wildman–Crippen MR) is 77.3 cm³/mol. The number of benzene rings is 1. The molecule has 0 amide bonds. The van der Waals surface area contributed by atoms with E-state index in [1.165, 1.54) is 41.3 Å². The average molecular weight is 296 g/mol. The van der Waals surface area contributed by atoms with Gasteiger partial charge in [-0.15, -0.1) is 0 Å². The lowest BCUT2D eigenvalue weighted by molar-refractivity contribution is 0.230. The summed E-state index contributed by atoms with van der Waals surface area (Å²) < 4.78 is 1.25. The highest BCUT2D eigenvalue weighted by Gasteiger charge is 2.29. The van der Waals surface area contributed by atoms with Crippen LogP contribution in [0.5, 0.6) is 0 Å². The Labute approximate surface area is 113 Å². The molecular weight excluding hydrogens is 274 g/mol. The SMILES string of the molecule is CCCNC(c1cc(C)ccc1Br)C1CCC1. The van der Waals surface area contributed by atoms with Gasteiger partial charge in [0.2, 0.25) is 0 Å². The highest BCUT2D eigenvalue weighted by Crippen LogP contribution is 2.40. The van der Waals surface area contributed by atoms with Crippen LogP contribution in [0.15, 0.2) is 22.7 Å². The predicted octanol–water partition coefficient (Wildman–Crippen LogP) is 4.60. The first kappa shape index (κ1) is 13.1. The molecule has 1 aromatic rings. The van der Waals surface area contributed by atoms with Gasteiger partial charge in [-0.2, -0.15) is 0 Å². The highest BCUT2D eigenvalue weighted by atomic mass is 79.9.